The monoisotopic (exact) mass is 310 g/mol. The Morgan fingerprint density at radius 1 is 1.45 bits per heavy atom. The predicted octanol–water partition coefficient (Wildman–Crippen LogP) is 2.07. The second-order valence-electron chi connectivity index (χ2n) is 5.02. The number of carbonyl (C=O) groups excluding carboxylic acids is 1. The third kappa shape index (κ3) is 2.36. The van der Waals surface area contributed by atoms with E-state index in [1.807, 2.05) is 0 Å². The lowest BCUT2D eigenvalue weighted by Crippen LogP contribution is -2.46. The minimum absolute atomic E-state index is 0.0224. The number of hydrogen-bond donors (Lipinski definition) is 1. The first-order valence-corrected chi connectivity index (χ1v) is 6.40. The van der Waals surface area contributed by atoms with Gasteiger partial charge in [-0.3, -0.25) is 10.1 Å². The Morgan fingerprint density at radius 3 is 2.68 bits per heavy atom. The molecule has 118 valence electrons. The van der Waals surface area contributed by atoms with Crippen molar-refractivity contribution in [1.29, 1.82) is 0 Å². The molecular weight excluding hydrogens is 295 g/mol. The van der Waals surface area contributed by atoms with Crippen molar-refractivity contribution >= 4 is 16.9 Å². The number of esters is 1. The number of carbonyl (C=O) groups is 1. The van der Waals surface area contributed by atoms with Crippen LogP contribution in [-0.4, -0.2) is 35.6 Å². The number of nitrogens with zero attached hydrogens (tertiary/aromatic N) is 1. The summed E-state index contributed by atoms with van der Waals surface area (Å²) in [5.74, 6) is -1.60. The first-order valence-electron chi connectivity index (χ1n) is 6.40. The van der Waals surface area contributed by atoms with Crippen LogP contribution in [0.3, 0.4) is 0 Å². The summed E-state index contributed by atoms with van der Waals surface area (Å²) in [5, 5.41) is 11.4. The van der Waals surface area contributed by atoms with Crippen molar-refractivity contribution in [3.8, 4) is 5.75 Å². The van der Waals surface area contributed by atoms with Gasteiger partial charge in [-0.25, -0.2) is 9.18 Å². The van der Waals surface area contributed by atoms with Crippen LogP contribution in [0.5, 0.6) is 5.75 Å². The van der Waals surface area contributed by atoms with Crippen molar-refractivity contribution in [3.63, 3.8) is 0 Å². The molecule has 0 unspecified atom stereocenters. The maximum Gasteiger partial charge on any atom is 0.384 e. The minimum Gasteiger partial charge on any atom is -0.494 e. The highest BCUT2D eigenvalue weighted by Gasteiger charge is 2.48. The van der Waals surface area contributed by atoms with Crippen molar-refractivity contribution in [2.45, 2.75) is 18.9 Å². The van der Waals surface area contributed by atoms with Gasteiger partial charge < -0.3 is 14.5 Å². The van der Waals surface area contributed by atoms with Crippen LogP contribution < -0.4 is 4.74 Å². The van der Waals surface area contributed by atoms with Crippen LogP contribution in [0.15, 0.2) is 18.3 Å². The first-order chi connectivity index (χ1) is 10.3. The molecule has 0 bridgehead atoms. The maximum absolute atomic E-state index is 14.4. The van der Waals surface area contributed by atoms with Crippen LogP contribution in [0.1, 0.15) is 12.5 Å². The topological polar surface area (TPSA) is 94.5 Å². The lowest BCUT2D eigenvalue weighted by Gasteiger charge is -2.17. The van der Waals surface area contributed by atoms with Gasteiger partial charge in [0.2, 0.25) is 0 Å². The summed E-state index contributed by atoms with van der Waals surface area (Å²) in [6.45, 7) is 1.15. The van der Waals surface area contributed by atoms with Gasteiger partial charge in [-0.1, -0.05) is 0 Å². The van der Waals surface area contributed by atoms with Crippen molar-refractivity contribution in [2.24, 2.45) is 0 Å². The molecule has 1 heterocycles. The van der Waals surface area contributed by atoms with Gasteiger partial charge in [-0.2, -0.15) is 0 Å². The minimum atomic E-state index is -2.00. The summed E-state index contributed by atoms with van der Waals surface area (Å²) in [4.78, 5) is 25.1. The average molecular weight is 310 g/mol. The Labute approximate surface area is 125 Å². The zero-order valence-electron chi connectivity index (χ0n) is 12.3. The van der Waals surface area contributed by atoms with E-state index in [1.54, 1.807) is 6.07 Å². The fraction of sp³-hybridized carbons (Fsp3) is 0.357. The Kier molecular flexibility index (Phi) is 4.03. The van der Waals surface area contributed by atoms with Crippen LogP contribution in [0, 0.1) is 15.9 Å². The van der Waals surface area contributed by atoms with Gasteiger partial charge in [0.05, 0.1) is 20.6 Å². The van der Waals surface area contributed by atoms with Crippen LogP contribution >= 0.6 is 0 Å². The van der Waals surface area contributed by atoms with Crippen LogP contribution in [0.2, 0.25) is 0 Å². The van der Waals surface area contributed by atoms with E-state index in [0.29, 0.717) is 11.1 Å². The van der Waals surface area contributed by atoms with E-state index in [2.05, 4.69) is 9.72 Å². The quantitative estimate of drug-likeness (QED) is 0.518. The van der Waals surface area contributed by atoms with E-state index in [-0.39, 0.29) is 17.6 Å². The number of aromatic amines is 1. The molecule has 0 amide bonds. The molecular formula is C14H15FN2O5. The SMILES string of the molecule is COC(=O)[C@](C)(Cc1c[nH]c2ccc(OC)c(F)c12)[N+](=O)[O-]. The smallest absolute Gasteiger partial charge is 0.384 e. The Bertz CT molecular complexity index is 742. The molecule has 0 saturated carbocycles. The van der Waals surface area contributed by atoms with Gasteiger partial charge in [-0.05, 0) is 17.7 Å². The molecule has 0 saturated heterocycles. The number of hydrogen-bond acceptors (Lipinski definition) is 5. The average Bonchev–Trinajstić information content (AvgIpc) is 2.90. The Morgan fingerprint density at radius 2 is 2.14 bits per heavy atom. The van der Waals surface area contributed by atoms with Crippen molar-refractivity contribution in [3.05, 3.63) is 39.8 Å². The Hall–Kier alpha value is -2.64. The highest BCUT2D eigenvalue weighted by Crippen LogP contribution is 2.31. The van der Waals surface area contributed by atoms with Crippen LogP contribution in [0.25, 0.3) is 10.9 Å². The molecule has 0 radical (unpaired) electrons. The number of ether oxygens (including phenoxy) is 2. The molecule has 0 aliphatic carbocycles. The summed E-state index contributed by atoms with van der Waals surface area (Å²) >= 11 is 0. The van der Waals surface area contributed by atoms with Crippen molar-refractivity contribution < 1.29 is 23.6 Å². The predicted molar refractivity (Wildman–Crippen MR) is 75.9 cm³/mol. The van der Waals surface area contributed by atoms with Crippen molar-refractivity contribution in [1.82, 2.24) is 4.98 Å². The van der Waals surface area contributed by atoms with E-state index in [4.69, 9.17) is 4.74 Å². The number of nitrogens with one attached hydrogen (secondary N) is 1. The van der Waals surface area contributed by atoms with E-state index in [1.165, 1.54) is 19.4 Å². The molecule has 1 aromatic heterocycles. The third-order valence-corrected chi connectivity index (χ3v) is 3.61. The lowest BCUT2D eigenvalue weighted by molar-refractivity contribution is -0.550. The van der Waals surface area contributed by atoms with Crippen molar-refractivity contribution in [2.75, 3.05) is 14.2 Å². The first kappa shape index (κ1) is 15.7. The van der Waals surface area contributed by atoms with E-state index in [9.17, 15) is 19.3 Å². The number of rotatable bonds is 5. The van der Waals surface area contributed by atoms with Gasteiger partial charge in [0, 0.05) is 28.9 Å². The molecule has 7 nitrogen and oxygen atoms in total. The van der Waals surface area contributed by atoms with Gasteiger partial charge in [0.25, 0.3) is 0 Å². The molecule has 1 aromatic carbocycles. The molecule has 8 heteroatoms. The molecule has 2 rings (SSSR count). The number of nitro groups is 1. The second kappa shape index (κ2) is 5.63. The van der Waals surface area contributed by atoms with E-state index in [0.717, 1.165) is 14.0 Å². The number of halogens is 1. The fourth-order valence-corrected chi connectivity index (χ4v) is 2.33. The van der Waals surface area contributed by atoms with Gasteiger partial charge in [0.15, 0.2) is 11.6 Å². The molecule has 22 heavy (non-hydrogen) atoms. The number of aromatic nitrogens is 1. The highest BCUT2D eigenvalue weighted by atomic mass is 19.1. The van der Waals surface area contributed by atoms with E-state index >= 15 is 0 Å². The molecule has 1 N–H and O–H groups in total. The lowest BCUT2D eigenvalue weighted by atomic mass is 9.93. The normalized spacial score (nSPS) is 13.6. The summed E-state index contributed by atoms with van der Waals surface area (Å²) < 4.78 is 23.8. The van der Waals surface area contributed by atoms with Crippen LogP contribution in [0.4, 0.5) is 4.39 Å². The number of methoxy groups -OCH3 is 2. The standard InChI is InChI=1S/C14H15FN2O5/c1-14(17(19)20,13(18)22-3)6-8-7-16-9-4-5-10(21-2)12(15)11(8)9/h4-5,7,16H,6H2,1-3H3/t14-/m0/s1. The molecule has 0 aliphatic heterocycles. The molecule has 2 aromatic rings. The van der Waals surface area contributed by atoms with Gasteiger partial charge in [-0.15, -0.1) is 0 Å². The summed E-state index contributed by atoms with van der Waals surface area (Å²) in [7, 11) is 2.40. The number of benzene rings is 1. The van der Waals surface area contributed by atoms with Gasteiger partial charge >= 0.3 is 11.5 Å². The number of fused-ring (bicyclic) bond motifs is 1. The molecule has 0 spiro atoms. The maximum atomic E-state index is 14.4. The summed E-state index contributed by atoms with van der Waals surface area (Å²) in [5.41, 5.74) is -1.24. The number of H-pyrrole nitrogens is 1. The van der Waals surface area contributed by atoms with E-state index < -0.39 is 22.2 Å². The summed E-state index contributed by atoms with van der Waals surface area (Å²) in [6, 6.07) is 3.05. The summed E-state index contributed by atoms with van der Waals surface area (Å²) in [6.07, 6.45) is 1.13. The fourth-order valence-electron chi connectivity index (χ4n) is 2.33. The second-order valence-corrected chi connectivity index (χ2v) is 5.02. The third-order valence-electron chi connectivity index (χ3n) is 3.61. The largest absolute Gasteiger partial charge is 0.494 e. The zero-order valence-corrected chi connectivity index (χ0v) is 12.3. The molecule has 0 aliphatic rings. The molecule has 1 atom stereocenters. The Balaban J connectivity index is 2.55. The molecule has 0 fully saturated rings. The highest BCUT2D eigenvalue weighted by molar-refractivity contribution is 5.87. The van der Waals surface area contributed by atoms with Crippen LogP contribution in [-0.2, 0) is 16.0 Å². The van der Waals surface area contributed by atoms with Gasteiger partial charge in [0.1, 0.15) is 0 Å². The zero-order chi connectivity index (χ0) is 16.5.